The third-order valence-electron chi connectivity index (χ3n) is 4.40. The van der Waals surface area contributed by atoms with Crippen LogP contribution >= 0.6 is 0 Å². The van der Waals surface area contributed by atoms with Crippen LogP contribution in [-0.4, -0.2) is 38.7 Å². The van der Waals surface area contributed by atoms with E-state index in [0.717, 1.165) is 19.3 Å². The summed E-state index contributed by atoms with van der Waals surface area (Å²) in [5, 5.41) is 3.04. The molecule has 24 heavy (non-hydrogen) atoms. The first-order valence-corrected chi connectivity index (χ1v) is 8.23. The number of esters is 1. The van der Waals surface area contributed by atoms with Gasteiger partial charge in [-0.15, -0.1) is 0 Å². The van der Waals surface area contributed by atoms with E-state index in [-0.39, 0.29) is 18.6 Å². The molecule has 0 aliphatic heterocycles. The van der Waals surface area contributed by atoms with E-state index in [0.29, 0.717) is 23.0 Å². The first kappa shape index (κ1) is 18.1. The molecule has 2 rings (SSSR count). The summed E-state index contributed by atoms with van der Waals surface area (Å²) in [5.41, 5.74) is 0.363. The second-order valence-electron chi connectivity index (χ2n) is 6.08. The maximum Gasteiger partial charge on any atom is 0.337 e. The summed E-state index contributed by atoms with van der Waals surface area (Å²) in [6.07, 6.45) is 4.55. The average Bonchev–Trinajstić information content (AvgIpc) is 2.61. The minimum absolute atomic E-state index is 0.0862. The van der Waals surface area contributed by atoms with Gasteiger partial charge in [0.05, 0.1) is 19.8 Å². The maximum absolute atomic E-state index is 12.1. The van der Waals surface area contributed by atoms with Gasteiger partial charge in [-0.25, -0.2) is 4.79 Å². The Morgan fingerprint density at radius 1 is 1.17 bits per heavy atom. The third kappa shape index (κ3) is 4.63. The number of rotatable bonds is 6. The summed E-state index contributed by atoms with van der Waals surface area (Å²) < 4.78 is 15.4. The predicted molar refractivity (Wildman–Crippen MR) is 89.4 cm³/mol. The fraction of sp³-hybridized carbons (Fsp3) is 0.556. The normalized spacial score (nSPS) is 20.1. The van der Waals surface area contributed by atoms with Crippen molar-refractivity contribution < 1.29 is 23.8 Å². The lowest BCUT2D eigenvalue weighted by atomic mass is 9.86. The lowest BCUT2D eigenvalue weighted by Crippen LogP contribution is -2.43. The number of methoxy groups -OCH3 is 2. The van der Waals surface area contributed by atoms with Crippen molar-refractivity contribution in [3.8, 4) is 11.5 Å². The Labute approximate surface area is 142 Å². The predicted octanol–water partition coefficient (Wildman–Crippen LogP) is 2.56. The van der Waals surface area contributed by atoms with E-state index < -0.39 is 5.97 Å². The SMILES string of the molecule is COC(=O)c1ccc(OCC(=O)NC2CCCCC2C)c(OC)c1. The number of amides is 1. The van der Waals surface area contributed by atoms with E-state index in [2.05, 4.69) is 17.0 Å². The topological polar surface area (TPSA) is 73.9 Å². The summed E-state index contributed by atoms with van der Waals surface area (Å²) in [4.78, 5) is 23.6. The fourth-order valence-corrected chi connectivity index (χ4v) is 2.95. The molecule has 1 aromatic carbocycles. The Bertz CT molecular complexity index is 587. The van der Waals surface area contributed by atoms with Crippen molar-refractivity contribution in [2.45, 2.75) is 38.6 Å². The van der Waals surface area contributed by atoms with Gasteiger partial charge in [-0.1, -0.05) is 19.8 Å². The van der Waals surface area contributed by atoms with Crippen LogP contribution in [0.4, 0.5) is 0 Å². The highest BCUT2D eigenvalue weighted by Crippen LogP contribution is 2.28. The van der Waals surface area contributed by atoms with E-state index in [9.17, 15) is 9.59 Å². The molecule has 0 saturated heterocycles. The molecule has 0 radical (unpaired) electrons. The number of nitrogens with one attached hydrogen (secondary N) is 1. The maximum atomic E-state index is 12.1. The summed E-state index contributed by atoms with van der Waals surface area (Å²) in [6, 6.07) is 4.92. The molecule has 1 aliphatic carbocycles. The number of benzene rings is 1. The highest BCUT2D eigenvalue weighted by atomic mass is 16.5. The van der Waals surface area contributed by atoms with Crippen molar-refractivity contribution in [3.05, 3.63) is 23.8 Å². The van der Waals surface area contributed by atoms with Crippen LogP contribution in [0.3, 0.4) is 0 Å². The Balaban J connectivity index is 1.93. The van der Waals surface area contributed by atoms with Crippen molar-refractivity contribution in [1.82, 2.24) is 5.32 Å². The van der Waals surface area contributed by atoms with Crippen molar-refractivity contribution in [3.63, 3.8) is 0 Å². The van der Waals surface area contributed by atoms with Gasteiger partial charge in [0, 0.05) is 6.04 Å². The van der Waals surface area contributed by atoms with Crippen molar-refractivity contribution in [2.75, 3.05) is 20.8 Å². The lowest BCUT2D eigenvalue weighted by molar-refractivity contribution is -0.124. The van der Waals surface area contributed by atoms with Crippen LogP contribution in [0.2, 0.25) is 0 Å². The van der Waals surface area contributed by atoms with Gasteiger partial charge in [-0.2, -0.15) is 0 Å². The standard InChI is InChI=1S/C18H25NO5/c1-12-6-4-5-7-14(12)19-17(20)11-24-15-9-8-13(18(21)23-3)10-16(15)22-2/h8-10,12,14H,4-7,11H2,1-3H3,(H,19,20). The summed E-state index contributed by atoms with van der Waals surface area (Å²) in [6.45, 7) is 2.08. The monoisotopic (exact) mass is 335 g/mol. The minimum Gasteiger partial charge on any atom is -0.493 e. The molecule has 0 spiro atoms. The Morgan fingerprint density at radius 2 is 1.92 bits per heavy atom. The van der Waals surface area contributed by atoms with Crippen LogP contribution in [0.15, 0.2) is 18.2 Å². The smallest absolute Gasteiger partial charge is 0.337 e. The van der Waals surface area contributed by atoms with E-state index in [1.165, 1.54) is 26.7 Å². The highest BCUT2D eigenvalue weighted by Gasteiger charge is 2.23. The van der Waals surface area contributed by atoms with Crippen LogP contribution in [0.1, 0.15) is 43.0 Å². The fourth-order valence-electron chi connectivity index (χ4n) is 2.95. The molecular formula is C18H25NO5. The summed E-state index contributed by atoms with van der Waals surface area (Å²) in [7, 11) is 2.79. The Morgan fingerprint density at radius 3 is 2.58 bits per heavy atom. The number of hydrogen-bond donors (Lipinski definition) is 1. The number of hydrogen-bond acceptors (Lipinski definition) is 5. The van der Waals surface area contributed by atoms with Gasteiger partial charge in [0.2, 0.25) is 0 Å². The molecule has 1 saturated carbocycles. The van der Waals surface area contributed by atoms with Crippen molar-refractivity contribution >= 4 is 11.9 Å². The van der Waals surface area contributed by atoms with E-state index in [1.54, 1.807) is 12.1 Å². The minimum atomic E-state index is -0.455. The second kappa shape index (κ2) is 8.57. The van der Waals surface area contributed by atoms with Crippen molar-refractivity contribution in [1.29, 1.82) is 0 Å². The Hall–Kier alpha value is -2.24. The van der Waals surface area contributed by atoms with Gasteiger partial charge in [0.1, 0.15) is 0 Å². The molecule has 1 amide bonds. The first-order chi connectivity index (χ1) is 11.5. The number of ether oxygens (including phenoxy) is 3. The number of carbonyl (C=O) groups excluding carboxylic acids is 2. The quantitative estimate of drug-likeness (QED) is 0.809. The lowest BCUT2D eigenvalue weighted by Gasteiger charge is -2.29. The molecule has 1 fully saturated rings. The van der Waals surface area contributed by atoms with Crippen LogP contribution in [0, 0.1) is 5.92 Å². The van der Waals surface area contributed by atoms with Gasteiger partial charge in [-0.3, -0.25) is 4.79 Å². The molecule has 6 nitrogen and oxygen atoms in total. The molecule has 1 aliphatic rings. The van der Waals surface area contributed by atoms with Gasteiger partial charge >= 0.3 is 5.97 Å². The second-order valence-corrected chi connectivity index (χ2v) is 6.08. The molecule has 0 bridgehead atoms. The van der Waals surface area contributed by atoms with Gasteiger partial charge in [0.15, 0.2) is 18.1 Å². The molecule has 132 valence electrons. The third-order valence-corrected chi connectivity index (χ3v) is 4.40. The zero-order valence-electron chi connectivity index (χ0n) is 14.5. The van der Waals surface area contributed by atoms with E-state index in [4.69, 9.17) is 9.47 Å². The van der Waals surface area contributed by atoms with Crippen LogP contribution in [0.25, 0.3) is 0 Å². The zero-order chi connectivity index (χ0) is 17.5. The Kier molecular flexibility index (Phi) is 6.46. The highest BCUT2D eigenvalue weighted by molar-refractivity contribution is 5.90. The number of carbonyl (C=O) groups is 2. The molecule has 0 aromatic heterocycles. The first-order valence-electron chi connectivity index (χ1n) is 8.23. The van der Waals surface area contributed by atoms with Crippen molar-refractivity contribution in [2.24, 2.45) is 5.92 Å². The largest absolute Gasteiger partial charge is 0.493 e. The zero-order valence-corrected chi connectivity index (χ0v) is 14.5. The van der Waals surface area contributed by atoms with Crippen LogP contribution in [0.5, 0.6) is 11.5 Å². The molecule has 2 unspecified atom stereocenters. The van der Waals surface area contributed by atoms with Gasteiger partial charge < -0.3 is 19.5 Å². The van der Waals surface area contributed by atoms with Crippen LogP contribution < -0.4 is 14.8 Å². The van der Waals surface area contributed by atoms with E-state index in [1.807, 2.05) is 0 Å². The molecule has 0 heterocycles. The van der Waals surface area contributed by atoms with Crippen LogP contribution in [-0.2, 0) is 9.53 Å². The molecule has 6 heteroatoms. The molecule has 2 atom stereocenters. The summed E-state index contributed by atoms with van der Waals surface area (Å²) in [5.74, 6) is 0.696. The summed E-state index contributed by atoms with van der Waals surface area (Å²) >= 11 is 0. The van der Waals surface area contributed by atoms with E-state index >= 15 is 0 Å². The molecular weight excluding hydrogens is 310 g/mol. The van der Waals surface area contributed by atoms with Gasteiger partial charge in [-0.05, 0) is 37.0 Å². The average molecular weight is 335 g/mol. The molecule has 1 aromatic rings. The van der Waals surface area contributed by atoms with Gasteiger partial charge in [0.25, 0.3) is 5.91 Å². The molecule has 1 N–H and O–H groups in total.